The summed E-state index contributed by atoms with van der Waals surface area (Å²) in [6.07, 6.45) is -5.06. The van der Waals surface area contributed by atoms with Crippen molar-refractivity contribution in [3.05, 3.63) is 0 Å². The number of nitrogens with zero attached hydrogens (tertiary/aromatic N) is 2. The second-order valence-corrected chi connectivity index (χ2v) is 4.23. The van der Waals surface area contributed by atoms with Crippen LogP contribution in [0.4, 0.5) is 13.2 Å². The molecule has 0 bridgehead atoms. The summed E-state index contributed by atoms with van der Waals surface area (Å²) in [7, 11) is 1.98. The lowest BCUT2D eigenvalue weighted by Crippen LogP contribution is -2.49. The molecule has 0 atom stereocenters. The maximum atomic E-state index is 11.8. The lowest BCUT2D eigenvalue weighted by atomic mass is 10.3. The normalized spacial score (nSPS) is 18.5. The zero-order valence-electron chi connectivity index (χ0n) is 9.89. The average molecular weight is 253 g/mol. The highest BCUT2D eigenvalue weighted by molar-refractivity contribution is 5.78. The number of carbonyl (C=O) groups excluding carboxylic acids is 1. The van der Waals surface area contributed by atoms with Gasteiger partial charge < -0.3 is 15.1 Å². The Kier molecular flexibility index (Phi) is 5.20. The summed E-state index contributed by atoms with van der Waals surface area (Å²) in [6.45, 7) is 2.71. The highest BCUT2D eigenvalue weighted by atomic mass is 19.4. The number of carbonyl (C=O) groups is 1. The molecular weight excluding hydrogens is 235 g/mol. The third kappa shape index (κ3) is 5.88. The molecule has 7 heteroatoms. The Morgan fingerprint density at radius 2 is 1.82 bits per heavy atom. The van der Waals surface area contributed by atoms with E-state index in [0.717, 1.165) is 13.1 Å². The average Bonchev–Trinajstić information content (AvgIpc) is 2.24. The van der Waals surface area contributed by atoms with E-state index in [0.29, 0.717) is 13.1 Å². The number of rotatable bonds is 4. The van der Waals surface area contributed by atoms with E-state index in [9.17, 15) is 18.0 Å². The number of halogens is 3. The van der Waals surface area contributed by atoms with Gasteiger partial charge in [0.05, 0.1) is 13.0 Å². The maximum Gasteiger partial charge on any atom is 0.390 e. The smallest absolute Gasteiger partial charge is 0.339 e. The van der Waals surface area contributed by atoms with Crippen molar-refractivity contribution in [1.82, 2.24) is 15.1 Å². The number of amides is 1. The molecular formula is C10H18F3N3O. The summed E-state index contributed by atoms with van der Waals surface area (Å²) in [4.78, 5) is 15.4. The van der Waals surface area contributed by atoms with Gasteiger partial charge in [-0.25, -0.2) is 0 Å². The van der Waals surface area contributed by atoms with Gasteiger partial charge in [-0.3, -0.25) is 4.79 Å². The minimum Gasteiger partial charge on any atom is -0.339 e. The summed E-state index contributed by atoms with van der Waals surface area (Å²) < 4.78 is 35.5. The topological polar surface area (TPSA) is 35.6 Å². The molecule has 0 unspecified atom stereocenters. The first kappa shape index (κ1) is 14.2. The molecule has 1 N–H and O–H groups in total. The van der Waals surface area contributed by atoms with Crippen LogP contribution in [0.2, 0.25) is 0 Å². The predicted molar refractivity (Wildman–Crippen MR) is 57.6 cm³/mol. The molecule has 1 amide bonds. The van der Waals surface area contributed by atoms with Crippen LogP contribution in [0.1, 0.15) is 6.42 Å². The summed E-state index contributed by atoms with van der Waals surface area (Å²) in [5.74, 6) is -0.125. The number of likely N-dealkylation sites (N-methyl/N-ethyl adjacent to an activating group) is 1. The summed E-state index contributed by atoms with van der Waals surface area (Å²) in [5, 5.41) is 2.53. The van der Waals surface area contributed by atoms with Gasteiger partial charge in [0, 0.05) is 32.7 Å². The lowest BCUT2D eigenvalue weighted by molar-refractivity contribution is -0.136. The molecule has 1 aliphatic heterocycles. The SMILES string of the molecule is CN1CCN(C(=O)CNCCC(F)(F)F)CC1. The number of hydrogen-bond acceptors (Lipinski definition) is 3. The fraction of sp³-hybridized carbons (Fsp3) is 0.900. The first-order chi connectivity index (χ1) is 7.88. The third-order valence-electron chi connectivity index (χ3n) is 2.72. The molecule has 17 heavy (non-hydrogen) atoms. The molecule has 1 heterocycles. The van der Waals surface area contributed by atoms with Gasteiger partial charge in [-0.15, -0.1) is 0 Å². The van der Waals surface area contributed by atoms with E-state index in [1.165, 1.54) is 0 Å². The van der Waals surface area contributed by atoms with Gasteiger partial charge in [0.1, 0.15) is 0 Å². The van der Waals surface area contributed by atoms with Gasteiger partial charge in [0.25, 0.3) is 0 Å². The van der Waals surface area contributed by atoms with Crippen LogP contribution >= 0.6 is 0 Å². The van der Waals surface area contributed by atoms with E-state index in [1.807, 2.05) is 7.05 Å². The van der Waals surface area contributed by atoms with Crippen molar-refractivity contribution in [3.63, 3.8) is 0 Å². The lowest BCUT2D eigenvalue weighted by Gasteiger charge is -2.32. The van der Waals surface area contributed by atoms with Gasteiger partial charge in [0.2, 0.25) is 5.91 Å². The first-order valence-electron chi connectivity index (χ1n) is 5.62. The van der Waals surface area contributed by atoms with Crippen LogP contribution in [-0.2, 0) is 4.79 Å². The molecule has 0 radical (unpaired) electrons. The Balaban J connectivity index is 2.13. The predicted octanol–water partition coefficient (Wildman–Crippen LogP) is 0.302. The van der Waals surface area contributed by atoms with Gasteiger partial charge in [-0.05, 0) is 7.05 Å². The highest BCUT2D eigenvalue weighted by Gasteiger charge is 2.26. The van der Waals surface area contributed by atoms with E-state index in [1.54, 1.807) is 4.90 Å². The van der Waals surface area contributed by atoms with E-state index in [-0.39, 0.29) is 19.0 Å². The minimum absolute atomic E-state index is 0.0141. The van der Waals surface area contributed by atoms with Crippen LogP contribution in [0.25, 0.3) is 0 Å². The van der Waals surface area contributed by atoms with Crippen LogP contribution in [0.15, 0.2) is 0 Å². The number of alkyl halides is 3. The molecule has 1 aliphatic rings. The summed E-state index contributed by atoms with van der Waals surface area (Å²) >= 11 is 0. The zero-order chi connectivity index (χ0) is 12.9. The van der Waals surface area contributed by atoms with E-state index >= 15 is 0 Å². The summed E-state index contributed by atoms with van der Waals surface area (Å²) in [6, 6.07) is 0. The van der Waals surface area contributed by atoms with Crippen molar-refractivity contribution >= 4 is 5.91 Å². The van der Waals surface area contributed by atoms with Gasteiger partial charge in [-0.1, -0.05) is 0 Å². The molecule has 0 spiro atoms. The Morgan fingerprint density at radius 1 is 1.24 bits per heavy atom. The van der Waals surface area contributed by atoms with Crippen molar-refractivity contribution in [3.8, 4) is 0 Å². The number of nitrogens with one attached hydrogen (secondary N) is 1. The Morgan fingerprint density at radius 3 is 2.35 bits per heavy atom. The largest absolute Gasteiger partial charge is 0.390 e. The Labute approximate surface area is 98.7 Å². The van der Waals surface area contributed by atoms with Crippen molar-refractivity contribution in [1.29, 1.82) is 0 Å². The second kappa shape index (κ2) is 6.20. The molecule has 1 rings (SSSR count). The summed E-state index contributed by atoms with van der Waals surface area (Å²) in [5.41, 5.74) is 0. The van der Waals surface area contributed by atoms with Crippen molar-refractivity contribution in [2.45, 2.75) is 12.6 Å². The third-order valence-corrected chi connectivity index (χ3v) is 2.72. The molecule has 0 aromatic rings. The monoisotopic (exact) mass is 253 g/mol. The number of hydrogen-bond donors (Lipinski definition) is 1. The second-order valence-electron chi connectivity index (χ2n) is 4.23. The van der Waals surface area contributed by atoms with E-state index in [4.69, 9.17) is 0 Å². The molecule has 0 saturated carbocycles. The first-order valence-corrected chi connectivity index (χ1v) is 5.62. The molecule has 4 nitrogen and oxygen atoms in total. The molecule has 0 aromatic carbocycles. The fourth-order valence-corrected chi connectivity index (χ4v) is 1.59. The Hall–Kier alpha value is -0.820. The van der Waals surface area contributed by atoms with Crippen LogP contribution in [-0.4, -0.2) is 68.2 Å². The van der Waals surface area contributed by atoms with Gasteiger partial charge in [0.15, 0.2) is 0 Å². The maximum absolute atomic E-state index is 11.8. The highest BCUT2D eigenvalue weighted by Crippen LogP contribution is 2.17. The van der Waals surface area contributed by atoms with Crippen LogP contribution in [0, 0.1) is 0 Å². The van der Waals surface area contributed by atoms with E-state index in [2.05, 4.69) is 10.2 Å². The van der Waals surface area contributed by atoms with Gasteiger partial charge >= 0.3 is 6.18 Å². The van der Waals surface area contributed by atoms with Crippen LogP contribution < -0.4 is 5.32 Å². The molecule has 0 aliphatic carbocycles. The fourth-order valence-electron chi connectivity index (χ4n) is 1.59. The van der Waals surface area contributed by atoms with Crippen molar-refractivity contribution in [2.75, 3.05) is 46.3 Å². The molecule has 1 saturated heterocycles. The quantitative estimate of drug-likeness (QED) is 0.732. The van der Waals surface area contributed by atoms with E-state index < -0.39 is 12.6 Å². The minimum atomic E-state index is -4.16. The van der Waals surface area contributed by atoms with Gasteiger partial charge in [-0.2, -0.15) is 13.2 Å². The molecule has 100 valence electrons. The number of piperazine rings is 1. The molecule has 0 aromatic heterocycles. The van der Waals surface area contributed by atoms with Crippen molar-refractivity contribution in [2.24, 2.45) is 0 Å². The van der Waals surface area contributed by atoms with Crippen LogP contribution in [0.3, 0.4) is 0 Å². The molecule has 1 fully saturated rings. The van der Waals surface area contributed by atoms with Crippen molar-refractivity contribution < 1.29 is 18.0 Å². The Bertz CT molecular complexity index is 250. The standard InChI is InChI=1S/C10H18F3N3O/c1-15-4-6-16(7-5-15)9(17)8-14-3-2-10(11,12)13/h14H,2-8H2,1H3. The van der Waals surface area contributed by atoms with Crippen LogP contribution in [0.5, 0.6) is 0 Å². The zero-order valence-corrected chi connectivity index (χ0v) is 9.89.